The van der Waals surface area contributed by atoms with Crippen LogP contribution >= 0.6 is 0 Å². The maximum absolute atomic E-state index is 2.50. The SMILES string of the molecule is Cc1ccc(-n2c3ccccc3c3cc(N4c5ccccc5C(C)(C)c5cc(-c6ccc7c(c6)C(C)(C)c6ccccc6N7c6ccc7c(c6)c6ccccc6n7-c6ccc(C)cc6C)ccc54)ccc32)c(C)c1. The van der Waals surface area contributed by atoms with Gasteiger partial charge in [0.15, 0.2) is 0 Å². The molecule has 0 atom stereocenters. The number of hydrogen-bond donors (Lipinski definition) is 0. The molecule has 10 aromatic carbocycles. The van der Waals surface area contributed by atoms with E-state index in [1.54, 1.807) is 0 Å². The van der Waals surface area contributed by atoms with Gasteiger partial charge in [-0.1, -0.05) is 148 Å². The lowest BCUT2D eigenvalue weighted by Crippen LogP contribution is -2.31. The lowest BCUT2D eigenvalue weighted by atomic mass is 9.71. The Morgan fingerprint density at radius 3 is 1.08 bits per heavy atom. The Bertz CT molecular complexity index is 4050. The van der Waals surface area contributed by atoms with Crippen molar-refractivity contribution in [2.75, 3.05) is 9.80 Å². The van der Waals surface area contributed by atoms with Crippen LogP contribution in [0.25, 0.3) is 66.1 Å². The second-order valence-corrected chi connectivity index (χ2v) is 22.1. The highest BCUT2D eigenvalue weighted by Crippen LogP contribution is 2.56. The van der Waals surface area contributed by atoms with E-state index in [1.165, 1.54) is 133 Å². The van der Waals surface area contributed by atoms with Crippen LogP contribution in [0, 0.1) is 27.7 Å². The molecule has 0 bridgehead atoms. The Hall–Kier alpha value is -8.60. The van der Waals surface area contributed by atoms with E-state index in [2.05, 4.69) is 281 Å². The molecule has 4 heteroatoms. The van der Waals surface area contributed by atoms with E-state index in [9.17, 15) is 0 Å². The van der Waals surface area contributed by atoms with Gasteiger partial charge in [-0.2, -0.15) is 0 Å². The van der Waals surface area contributed by atoms with E-state index < -0.39 is 0 Å². The van der Waals surface area contributed by atoms with Crippen LogP contribution in [0.3, 0.4) is 0 Å². The molecule has 358 valence electrons. The number of aromatic nitrogens is 2. The molecule has 12 aromatic rings. The molecule has 4 heterocycles. The summed E-state index contributed by atoms with van der Waals surface area (Å²) in [6.45, 7) is 18.4. The van der Waals surface area contributed by atoms with Crippen molar-refractivity contribution in [2.45, 2.75) is 66.2 Å². The molecule has 74 heavy (non-hydrogen) atoms. The summed E-state index contributed by atoms with van der Waals surface area (Å²) in [5.74, 6) is 0. The topological polar surface area (TPSA) is 16.3 Å². The minimum absolute atomic E-state index is 0.259. The fourth-order valence-corrected chi connectivity index (χ4v) is 13.2. The van der Waals surface area contributed by atoms with Crippen molar-refractivity contribution < 1.29 is 0 Å². The van der Waals surface area contributed by atoms with E-state index in [0.717, 1.165) is 11.4 Å². The van der Waals surface area contributed by atoms with Gasteiger partial charge in [-0.15, -0.1) is 0 Å². The first-order valence-corrected chi connectivity index (χ1v) is 26.2. The molecule has 14 rings (SSSR count). The van der Waals surface area contributed by atoms with Gasteiger partial charge in [0, 0.05) is 55.1 Å². The van der Waals surface area contributed by atoms with Crippen LogP contribution in [-0.2, 0) is 10.8 Å². The van der Waals surface area contributed by atoms with Crippen molar-refractivity contribution in [1.82, 2.24) is 9.13 Å². The molecule has 4 nitrogen and oxygen atoms in total. The summed E-state index contributed by atoms with van der Waals surface area (Å²) in [5, 5.41) is 5.00. The Kier molecular flexibility index (Phi) is 9.51. The summed E-state index contributed by atoms with van der Waals surface area (Å²) in [5.41, 5.74) is 26.7. The summed E-state index contributed by atoms with van der Waals surface area (Å²) >= 11 is 0. The number of anilines is 6. The highest BCUT2D eigenvalue weighted by Gasteiger charge is 2.39. The standard InChI is InChI=1S/C70H58N4/c1-43-25-31-59(45(3)37-43)73-61-21-13-9-17-51(61)53-41-49(29-35-63(53)73)71-65-23-15-11-19-55(65)69(5,6)57-39-47(27-33-67(57)71)48-28-34-68-58(40-48)70(7,8)56-20-12-16-24-66(56)72(68)50-30-36-64-54(42-50)52-18-10-14-22-62(52)74(64)60-32-26-44(2)38-46(60)4/h9-42H,1-8H3. The van der Waals surface area contributed by atoms with Gasteiger partial charge < -0.3 is 18.9 Å². The fraction of sp³-hybridized carbons (Fsp3) is 0.143. The van der Waals surface area contributed by atoms with E-state index >= 15 is 0 Å². The van der Waals surface area contributed by atoms with E-state index in [4.69, 9.17) is 0 Å². The largest absolute Gasteiger partial charge is 0.310 e. The van der Waals surface area contributed by atoms with Crippen LogP contribution in [0.1, 0.15) is 72.2 Å². The summed E-state index contributed by atoms with van der Waals surface area (Å²) in [6.07, 6.45) is 0. The van der Waals surface area contributed by atoms with Crippen molar-refractivity contribution in [1.29, 1.82) is 0 Å². The first-order valence-electron chi connectivity index (χ1n) is 26.2. The van der Waals surface area contributed by atoms with E-state index in [1.807, 2.05) is 0 Å². The smallest absolute Gasteiger partial charge is 0.0542 e. The third-order valence-electron chi connectivity index (χ3n) is 16.8. The molecule has 2 aliphatic rings. The maximum atomic E-state index is 2.50. The fourth-order valence-electron chi connectivity index (χ4n) is 13.2. The van der Waals surface area contributed by atoms with Gasteiger partial charge in [-0.25, -0.2) is 0 Å². The number of nitrogens with zero attached hydrogens (tertiary/aromatic N) is 4. The maximum Gasteiger partial charge on any atom is 0.0542 e. The molecule has 0 aliphatic carbocycles. The predicted octanol–water partition coefficient (Wildman–Crippen LogP) is 19.0. The Morgan fingerprint density at radius 2 is 0.649 bits per heavy atom. The molecule has 0 unspecified atom stereocenters. The normalized spacial score (nSPS) is 14.4. The van der Waals surface area contributed by atoms with Gasteiger partial charge in [-0.3, -0.25) is 0 Å². The van der Waals surface area contributed by atoms with Crippen LogP contribution in [0.15, 0.2) is 206 Å². The monoisotopic (exact) mass is 954 g/mol. The van der Waals surface area contributed by atoms with Gasteiger partial charge >= 0.3 is 0 Å². The van der Waals surface area contributed by atoms with E-state index in [-0.39, 0.29) is 10.8 Å². The Labute approximate surface area is 434 Å². The second kappa shape index (κ2) is 15.9. The van der Waals surface area contributed by atoms with Crippen molar-refractivity contribution in [3.8, 4) is 22.5 Å². The first-order chi connectivity index (χ1) is 35.9. The van der Waals surface area contributed by atoms with Crippen molar-refractivity contribution in [3.63, 3.8) is 0 Å². The summed E-state index contributed by atoms with van der Waals surface area (Å²) < 4.78 is 4.89. The van der Waals surface area contributed by atoms with Crippen molar-refractivity contribution >= 4 is 77.7 Å². The third-order valence-corrected chi connectivity index (χ3v) is 16.8. The number of aryl methyl sites for hydroxylation is 4. The summed E-state index contributed by atoms with van der Waals surface area (Å²) in [6, 6.07) is 77.9. The number of hydrogen-bond acceptors (Lipinski definition) is 2. The summed E-state index contributed by atoms with van der Waals surface area (Å²) in [7, 11) is 0. The lowest BCUT2D eigenvalue weighted by Gasteiger charge is -2.43. The van der Waals surface area contributed by atoms with Crippen LogP contribution in [0.2, 0.25) is 0 Å². The van der Waals surface area contributed by atoms with Crippen LogP contribution in [0.4, 0.5) is 34.1 Å². The molecule has 0 saturated heterocycles. The van der Waals surface area contributed by atoms with Gasteiger partial charge in [0.05, 0.1) is 44.8 Å². The third kappa shape index (κ3) is 6.34. The van der Waals surface area contributed by atoms with Crippen LogP contribution in [0.5, 0.6) is 0 Å². The van der Waals surface area contributed by atoms with Crippen LogP contribution in [-0.4, -0.2) is 9.13 Å². The minimum atomic E-state index is -0.259. The van der Waals surface area contributed by atoms with E-state index in [0.29, 0.717) is 0 Å². The zero-order chi connectivity index (χ0) is 50.4. The van der Waals surface area contributed by atoms with Gasteiger partial charge in [0.2, 0.25) is 0 Å². The van der Waals surface area contributed by atoms with Crippen LogP contribution < -0.4 is 9.80 Å². The molecule has 2 aromatic heterocycles. The molecule has 0 fully saturated rings. The minimum Gasteiger partial charge on any atom is -0.310 e. The lowest BCUT2D eigenvalue weighted by molar-refractivity contribution is 0.631. The Morgan fingerprint density at radius 1 is 0.284 bits per heavy atom. The highest BCUT2D eigenvalue weighted by molar-refractivity contribution is 6.12. The molecule has 2 aliphatic heterocycles. The number of para-hydroxylation sites is 4. The molecular weight excluding hydrogens is 897 g/mol. The molecule has 0 saturated carbocycles. The predicted molar refractivity (Wildman–Crippen MR) is 313 cm³/mol. The Balaban J connectivity index is 0.904. The summed E-state index contributed by atoms with van der Waals surface area (Å²) in [4.78, 5) is 5.01. The average Bonchev–Trinajstić information content (AvgIpc) is 3.92. The first kappa shape index (κ1) is 44.1. The average molecular weight is 955 g/mol. The molecule has 0 spiro atoms. The zero-order valence-corrected chi connectivity index (χ0v) is 43.4. The van der Waals surface area contributed by atoms with Crippen molar-refractivity contribution in [2.24, 2.45) is 0 Å². The number of benzene rings is 10. The zero-order valence-electron chi connectivity index (χ0n) is 43.4. The van der Waals surface area contributed by atoms with Crippen molar-refractivity contribution in [3.05, 3.63) is 251 Å². The molecule has 0 radical (unpaired) electrons. The number of rotatable bonds is 5. The quantitative estimate of drug-likeness (QED) is 0.171. The number of fused-ring (bicyclic) bond motifs is 10. The van der Waals surface area contributed by atoms with Gasteiger partial charge in [-0.05, 0) is 169 Å². The second-order valence-electron chi connectivity index (χ2n) is 22.1. The molecule has 0 amide bonds. The molecular formula is C70H58N4. The van der Waals surface area contributed by atoms with Gasteiger partial charge in [0.25, 0.3) is 0 Å². The molecule has 0 N–H and O–H groups in total. The highest BCUT2D eigenvalue weighted by atomic mass is 15.2. The van der Waals surface area contributed by atoms with Gasteiger partial charge in [0.1, 0.15) is 0 Å².